The highest BCUT2D eigenvalue weighted by molar-refractivity contribution is 5.79. The molecule has 0 aliphatic rings. The quantitative estimate of drug-likeness (QED) is 0.563. The van der Waals surface area contributed by atoms with E-state index in [9.17, 15) is 9.59 Å². The predicted molar refractivity (Wildman–Crippen MR) is 63.5 cm³/mol. The molecule has 0 aliphatic carbocycles. The molecule has 8 heteroatoms. The van der Waals surface area contributed by atoms with Gasteiger partial charge in [-0.25, -0.2) is 9.36 Å². The van der Waals surface area contributed by atoms with Gasteiger partial charge in [0.2, 0.25) is 12.2 Å². The molecule has 0 aliphatic heterocycles. The lowest BCUT2D eigenvalue weighted by Gasteiger charge is -1.99. The Hall–Kier alpha value is -2.90. The largest absolute Gasteiger partial charge is 0.332 e. The number of benzene rings is 1. The van der Waals surface area contributed by atoms with Gasteiger partial charge >= 0.3 is 5.69 Å². The molecule has 0 unspecified atom stereocenters. The van der Waals surface area contributed by atoms with Crippen molar-refractivity contribution in [3.8, 4) is 5.82 Å². The number of fused-ring (bicyclic) bond motifs is 1. The van der Waals surface area contributed by atoms with E-state index in [4.69, 9.17) is 0 Å². The van der Waals surface area contributed by atoms with Crippen LogP contribution in [0.2, 0.25) is 0 Å². The number of rotatable bonds is 3. The van der Waals surface area contributed by atoms with Gasteiger partial charge in [-0.3, -0.25) is 4.79 Å². The Labute approximate surface area is 99.6 Å². The molecule has 18 heavy (non-hydrogen) atoms. The summed E-state index contributed by atoms with van der Waals surface area (Å²) in [6, 6.07) is 7.17. The normalized spacial score (nSPS) is 10.7. The van der Waals surface area contributed by atoms with Crippen LogP contribution in [0.25, 0.3) is 16.9 Å². The van der Waals surface area contributed by atoms with Gasteiger partial charge in [0.1, 0.15) is 0 Å². The number of hydrogen-bond acceptors (Lipinski definition) is 4. The van der Waals surface area contributed by atoms with Crippen molar-refractivity contribution in [2.75, 3.05) is 5.32 Å². The van der Waals surface area contributed by atoms with Gasteiger partial charge < -0.3 is 10.3 Å². The molecule has 3 rings (SSSR count). The number of anilines is 1. The lowest BCUT2D eigenvalue weighted by Crippen LogP contribution is -2.16. The van der Waals surface area contributed by atoms with E-state index in [-0.39, 0.29) is 17.3 Å². The van der Waals surface area contributed by atoms with E-state index in [1.165, 1.54) is 4.57 Å². The Bertz CT molecular complexity index is 768. The molecule has 0 atom stereocenters. The second-order valence-corrected chi connectivity index (χ2v) is 3.54. The number of para-hydroxylation sites is 2. The molecule has 1 aromatic carbocycles. The zero-order valence-electron chi connectivity index (χ0n) is 9.04. The Morgan fingerprint density at radius 2 is 2.11 bits per heavy atom. The maximum atomic E-state index is 11.9. The molecule has 0 radical (unpaired) electrons. The molecule has 0 fully saturated rings. The number of carbonyl (C=O) groups excluding carboxylic acids is 1. The van der Waals surface area contributed by atoms with Crippen LogP contribution in [-0.2, 0) is 4.79 Å². The van der Waals surface area contributed by atoms with Crippen molar-refractivity contribution >= 4 is 23.3 Å². The minimum absolute atomic E-state index is 0.192. The molecule has 1 amide bonds. The molecule has 0 spiro atoms. The molecular formula is C10H8N6O2. The van der Waals surface area contributed by atoms with Gasteiger partial charge in [0.25, 0.3) is 0 Å². The average Bonchev–Trinajstić information content (AvgIpc) is 2.92. The fraction of sp³-hybridized carbons (Fsp3) is 0. The van der Waals surface area contributed by atoms with Crippen molar-refractivity contribution < 1.29 is 4.79 Å². The SMILES string of the molecule is O=CNc1n[nH]nc1-n1c(=O)[nH]c2ccccc21. The maximum absolute atomic E-state index is 11.9. The number of amides is 1. The highest BCUT2D eigenvalue weighted by atomic mass is 16.1. The Morgan fingerprint density at radius 1 is 1.28 bits per heavy atom. The van der Waals surface area contributed by atoms with E-state index in [0.717, 1.165) is 0 Å². The summed E-state index contributed by atoms with van der Waals surface area (Å²) in [7, 11) is 0. The molecule has 3 aromatic rings. The first-order valence-corrected chi connectivity index (χ1v) is 5.12. The third kappa shape index (κ3) is 1.39. The number of nitrogens with zero attached hydrogens (tertiary/aromatic N) is 3. The Balaban J connectivity index is 2.31. The number of carbonyl (C=O) groups is 1. The standard InChI is InChI=1S/C10H8N6O2/c17-5-11-8-9(14-15-13-8)16-7-4-2-1-3-6(7)12-10(16)18/h1-5H,(H,12,18)(H2,11,13,14,15,17). The second kappa shape index (κ2) is 3.84. The Kier molecular flexibility index (Phi) is 2.19. The summed E-state index contributed by atoms with van der Waals surface area (Å²) in [5, 5.41) is 12.4. The maximum Gasteiger partial charge on any atom is 0.332 e. The van der Waals surface area contributed by atoms with Crippen molar-refractivity contribution in [3.63, 3.8) is 0 Å². The minimum atomic E-state index is -0.348. The third-order valence-electron chi connectivity index (χ3n) is 2.53. The average molecular weight is 244 g/mol. The fourth-order valence-corrected chi connectivity index (χ4v) is 1.80. The third-order valence-corrected chi connectivity index (χ3v) is 2.53. The smallest absolute Gasteiger partial charge is 0.309 e. The second-order valence-electron chi connectivity index (χ2n) is 3.54. The molecule has 2 heterocycles. The molecular weight excluding hydrogens is 236 g/mol. The van der Waals surface area contributed by atoms with Gasteiger partial charge in [0.05, 0.1) is 11.0 Å². The van der Waals surface area contributed by atoms with Crippen molar-refractivity contribution in [1.82, 2.24) is 25.0 Å². The summed E-state index contributed by atoms with van der Waals surface area (Å²) >= 11 is 0. The summed E-state index contributed by atoms with van der Waals surface area (Å²) in [5.41, 5.74) is 0.993. The van der Waals surface area contributed by atoms with E-state index in [1.807, 2.05) is 6.07 Å². The van der Waals surface area contributed by atoms with Crippen LogP contribution in [0.5, 0.6) is 0 Å². The Morgan fingerprint density at radius 3 is 2.94 bits per heavy atom. The van der Waals surface area contributed by atoms with Crippen LogP contribution in [0.1, 0.15) is 0 Å². The van der Waals surface area contributed by atoms with Crippen molar-refractivity contribution in [3.05, 3.63) is 34.7 Å². The van der Waals surface area contributed by atoms with Gasteiger partial charge in [0, 0.05) is 0 Å². The van der Waals surface area contributed by atoms with E-state index in [1.54, 1.807) is 18.2 Å². The predicted octanol–water partition coefficient (Wildman–Crippen LogP) is 0.00520. The number of imidazole rings is 1. The molecule has 3 N–H and O–H groups in total. The monoisotopic (exact) mass is 244 g/mol. The van der Waals surface area contributed by atoms with Crippen LogP contribution >= 0.6 is 0 Å². The van der Waals surface area contributed by atoms with Crippen LogP contribution in [0.3, 0.4) is 0 Å². The van der Waals surface area contributed by atoms with Gasteiger partial charge in [-0.2, -0.15) is 5.21 Å². The van der Waals surface area contributed by atoms with Crippen LogP contribution < -0.4 is 11.0 Å². The molecule has 90 valence electrons. The zero-order valence-corrected chi connectivity index (χ0v) is 9.04. The van der Waals surface area contributed by atoms with Crippen molar-refractivity contribution in [2.45, 2.75) is 0 Å². The van der Waals surface area contributed by atoms with Crippen molar-refractivity contribution in [1.29, 1.82) is 0 Å². The van der Waals surface area contributed by atoms with E-state index in [2.05, 4.69) is 25.7 Å². The van der Waals surface area contributed by atoms with Gasteiger partial charge in [-0.05, 0) is 12.1 Å². The fourth-order valence-electron chi connectivity index (χ4n) is 1.80. The topological polar surface area (TPSA) is 108 Å². The lowest BCUT2D eigenvalue weighted by molar-refractivity contribution is -0.105. The number of H-pyrrole nitrogens is 2. The number of aromatic nitrogens is 5. The molecule has 0 saturated heterocycles. The first kappa shape index (κ1) is 10.3. The highest BCUT2D eigenvalue weighted by Gasteiger charge is 2.15. The number of aromatic amines is 2. The summed E-state index contributed by atoms with van der Waals surface area (Å²) in [5.74, 6) is 0.432. The lowest BCUT2D eigenvalue weighted by atomic mass is 10.3. The summed E-state index contributed by atoms with van der Waals surface area (Å²) < 4.78 is 1.34. The van der Waals surface area contributed by atoms with E-state index < -0.39 is 0 Å². The number of nitrogens with one attached hydrogen (secondary N) is 3. The number of hydrogen-bond donors (Lipinski definition) is 3. The first-order valence-electron chi connectivity index (χ1n) is 5.12. The first-order chi connectivity index (χ1) is 8.81. The highest BCUT2D eigenvalue weighted by Crippen LogP contribution is 2.17. The molecule has 0 saturated carbocycles. The van der Waals surface area contributed by atoms with Gasteiger partial charge in [0.15, 0.2) is 5.82 Å². The minimum Gasteiger partial charge on any atom is -0.309 e. The van der Waals surface area contributed by atoms with Crippen LogP contribution in [0, 0.1) is 0 Å². The summed E-state index contributed by atoms with van der Waals surface area (Å²) in [6.45, 7) is 0. The summed E-state index contributed by atoms with van der Waals surface area (Å²) in [6.07, 6.45) is 0.473. The molecule has 2 aromatic heterocycles. The van der Waals surface area contributed by atoms with E-state index in [0.29, 0.717) is 17.4 Å². The molecule has 8 nitrogen and oxygen atoms in total. The van der Waals surface area contributed by atoms with Crippen LogP contribution in [0.15, 0.2) is 29.1 Å². The van der Waals surface area contributed by atoms with Gasteiger partial charge in [-0.15, -0.1) is 10.2 Å². The zero-order chi connectivity index (χ0) is 12.5. The van der Waals surface area contributed by atoms with Crippen molar-refractivity contribution in [2.24, 2.45) is 0 Å². The van der Waals surface area contributed by atoms with Crippen LogP contribution in [-0.4, -0.2) is 31.4 Å². The van der Waals surface area contributed by atoms with E-state index >= 15 is 0 Å². The van der Waals surface area contributed by atoms with Crippen LogP contribution in [0.4, 0.5) is 5.82 Å². The molecule has 0 bridgehead atoms. The summed E-state index contributed by atoms with van der Waals surface area (Å²) in [4.78, 5) is 25.1. The van der Waals surface area contributed by atoms with Gasteiger partial charge in [-0.1, -0.05) is 12.1 Å².